The van der Waals surface area contributed by atoms with Gasteiger partial charge in [0.05, 0.1) is 26.4 Å². The van der Waals surface area contributed by atoms with Gasteiger partial charge in [-0.1, -0.05) is 0 Å². The monoisotopic (exact) mass is 122 g/mol. The Kier molecular flexibility index (Phi) is 4.60. The highest BCUT2D eigenvalue weighted by Crippen LogP contribution is 1.85. The van der Waals surface area contributed by atoms with Crippen LogP contribution >= 0.6 is 13.5 Å². The van der Waals surface area contributed by atoms with Crippen LogP contribution in [0.3, 0.4) is 0 Å². The van der Waals surface area contributed by atoms with Crippen molar-refractivity contribution < 1.29 is 9.47 Å². The fraction of sp³-hybridized carbons (Fsp3) is 1.00. The van der Waals surface area contributed by atoms with Gasteiger partial charge in [0.2, 0.25) is 0 Å². The standard InChI is InChI=1S/C4H8O2.H2S/c1-2-6-4-3-5-1;/h1-4H2;1H2. The summed E-state index contributed by atoms with van der Waals surface area (Å²) in [7, 11) is 0. The molecule has 0 spiro atoms. The predicted molar refractivity (Wildman–Crippen MR) is 32.0 cm³/mol. The average molecular weight is 122 g/mol. The smallest absolute Gasteiger partial charge is 0.0701 e. The molecule has 0 saturated carbocycles. The van der Waals surface area contributed by atoms with Gasteiger partial charge in [0.15, 0.2) is 0 Å². The molecule has 7 heavy (non-hydrogen) atoms. The number of rotatable bonds is 0. The zero-order valence-corrected chi connectivity index (χ0v) is 5.14. The van der Waals surface area contributed by atoms with Crippen LogP contribution in [0.5, 0.6) is 0 Å². The molecule has 0 atom stereocenters. The number of ether oxygens (including phenoxy) is 2. The second-order valence-corrected chi connectivity index (χ2v) is 1.22. The molecule has 1 aliphatic rings. The van der Waals surface area contributed by atoms with Crippen LogP contribution in [0, 0.1) is 0 Å². The lowest BCUT2D eigenvalue weighted by Crippen LogP contribution is -2.16. The van der Waals surface area contributed by atoms with Gasteiger partial charge in [-0.15, -0.1) is 0 Å². The maximum absolute atomic E-state index is 4.94. The van der Waals surface area contributed by atoms with Crippen LogP contribution in [0.25, 0.3) is 0 Å². The fourth-order valence-corrected chi connectivity index (χ4v) is 0.440. The van der Waals surface area contributed by atoms with Crippen molar-refractivity contribution in [3.8, 4) is 0 Å². The first-order valence-electron chi connectivity index (χ1n) is 2.15. The van der Waals surface area contributed by atoms with Crippen LogP contribution in [-0.2, 0) is 9.47 Å². The van der Waals surface area contributed by atoms with Crippen molar-refractivity contribution in [1.82, 2.24) is 0 Å². The molecular formula is C4H10O2S. The van der Waals surface area contributed by atoms with Crippen molar-refractivity contribution >= 4 is 13.5 Å². The molecule has 1 fully saturated rings. The van der Waals surface area contributed by atoms with E-state index in [2.05, 4.69) is 0 Å². The first-order chi connectivity index (χ1) is 3.00. The van der Waals surface area contributed by atoms with E-state index in [4.69, 9.17) is 9.47 Å². The van der Waals surface area contributed by atoms with E-state index in [9.17, 15) is 0 Å². The van der Waals surface area contributed by atoms with Gasteiger partial charge in [-0.2, -0.15) is 13.5 Å². The molecule has 0 amide bonds. The Morgan fingerprint density at radius 2 is 1.00 bits per heavy atom. The van der Waals surface area contributed by atoms with Crippen LogP contribution < -0.4 is 0 Å². The lowest BCUT2D eigenvalue weighted by atomic mass is 10.6. The molecule has 1 heterocycles. The molecule has 1 aliphatic heterocycles. The minimum absolute atomic E-state index is 0. The Hall–Kier alpha value is 0.270. The summed E-state index contributed by atoms with van der Waals surface area (Å²) in [6, 6.07) is 0. The second kappa shape index (κ2) is 4.43. The van der Waals surface area contributed by atoms with Crippen molar-refractivity contribution in [1.29, 1.82) is 0 Å². The number of hydrogen-bond donors (Lipinski definition) is 0. The molecule has 0 aromatic carbocycles. The van der Waals surface area contributed by atoms with Gasteiger partial charge >= 0.3 is 0 Å². The summed E-state index contributed by atoms with van der Waals surface area (Å²) in [6.45, 7) is 3.11. The Labute approximate surface area is 50.2 Å². The summed E-state index contributed by atoms with van der Waals surface area (Å²) in [5.74, 6) is 0. The van der Waals surface area contributed by atoms with Crippen LogP contribution in [0.2, 0.25) is 0 Å². The van der Waals surface area contributed by atoms with Crippen LogP contribution in [-0.4, -0.2) is 26.4 Å². The topological polar surface area (TPSA) is 18.5 Å². The SMILES string of the molecule is C1COCCO1.S. The molecular weight excluding hydrogens is 112 g/mol. The van der Waals surface area contributed by atoms with E-state index < -0.39 is 0 Å². The van der Waals surface area contributed by atoms with Gasteiger partial charge in [0, 0.05) is 0 Å². The highest BCUT2D eigenvalue weighted by molar-refractivity contribution is 7.59. The molecule has 0 aromatic heterocycles. The maximum atomic E-state index is 4.94. The Morgan fingerprint density at radius 3 is 1.14 bits per heavy atom. The van der Waals surface area contributed by atoms with E-state index in [1.165, 1.54) is 0 Å². The van der Waals surface area contributed by atoms with E-state index >= 15 is 0 Å². The van der Waals surface area contributed by atoms with Crippen LogP contribution in [0.4, 0.5) is 0 Å². The van der Waals surface area contributed by atoms with Crippen molar-refractivity contribution in [3.63, 3.8) is 0 Å². The third-order valence-electron chi connectivity index (χ3n) is 0.744. The van der Waals surface area contributed by atoms with Crippen molar-refractivity contribution in [2.75, 3.05) is 26.4 Å². The van der Waals surface area contributed by atoms with Crippen LogP contribution in [0.15, 0.2) is 0 Å². The zero-order chi connectivity index (χ0) is 4.24. The Bertz CT molecular complexity index is 25.2. The third-order valence-corrected chi connectivity index (χ3v) is 0.744. The largest absolute Gasteiger partial charge is 0.377 e. The van der Waals surface area contributed by atoms with Crippen molar-refractivity contribution in [3.05, 3.63) is 0 Å². The summed E-state index contributed by atoms with van der Waals surface area (Å²) >= 11 is 0. The lowest BCUT2D eigenvalue weighted by molar-refractivity contribution is -0.0334. The van der Waals surface area contributed by atoms with Gasteiger partial charge in [-0.3, -0.25) is 0 Å². The zero-order valence-electron chi connectivity index (χ0n) is 4.14. The molecule has 0 aromatic rings. The fourth-order valence-electron chi connectivity index (χ4n) is 0.440. The van der Waals surface area contributed by atoms with E-state index in [0.29, 0.717) is 0 Å². The molecule has 0 N–H and O–H groups in total. The summed E-state index contributed by atoms with van der Waals surface area (Å²) in [5.41, 5.74) is 0. The lowest BCUT2D eigenvalue weighted by Gasteiger charge is -2.09. The van der Waals surface area contributed by atoms with E-state index in [1.807, 2.05) is 0 Å². The molecule has 44 valence electrons. The van der Waals surface area contributed by atoms with Crippen molar-refractivity contribution in [2.24, 2.45) is 0 Å². The normalized spacial score (nSPS) is 20.6. The summed E-state index contributed by atoms with van der Waals surface area (Å²) in [5, 5.41) is 0. The molecule has 1 saturated heterocycles. The highest BCUT2D eigenvalue weighted by atomic mass is 32.1. The quantitative estimate of drug-likeness (QED) is 0.455. The summed E-state index contributed by atoms with van der Waals surface area (Å²) < 4.78 is 9.89. The summed E-state index contributed by atoms with van der Waals surface area (Å²) in [4.78, 5) is 0. The molecule has 3 heteroatoms. The van der Waals surface area contributed by atoms with Crippen molar-refractivity contribution in [2.45, 2.75) is 0 Å². The molecule has 0 radical (unpaired) electrons. The molecule has 2 nitrogen and oxygen atoms in total. The van der Waals surface area contributed by atoms with Gasteiger partial charge in [-0.25, -0.2) is 0 Å². The van der Waals surface area contributed by atoms with Gasteiger partial charge in [-0.05, 0) is 0 Å². The maximum Gasteiger partial charge on any atom is 0.0701 e. The van der Waals surface area contributed by atoms with E-state index in [1.54, 1.807) is 0 Å². The second-order valence-electron chi connectivity index (χ2n) is 1.22. The van der Waals surface area contributed by atoms with Gasteiger partial charge in [0.1, 0.15) is 0 Å². The summed E-state index contributed by atoms with van der Waals surface area (Å²) in [6.07, 6.45) is 0. The molecule has 1 rings (SSSR count). The van der Waals surface area contributed by atoms with E-state index in [0.717, 1.165) is 26.4 Å². The molecule has 0 unspecified atom stereocenters. The minimum atomic E-state index is 0. The first kappa shape index (κ1) is 7.27. The number of hydrogen-bond acceptors (Lipinski definition) is 2. The van der Waals surface area contributed by atoms with E-state index in [-0.39, 0.29) is 13.5 Å². The van der Waals surface area contributed by atoms with Crippen LogP contribution in [0.1, 0.15) is 0 Å². The minimum Gasteiger partial charge on any atom is -0.377 e. The predicted octanol–water partition coefficient (Wildman–Crippen LogP) is 0.146. The molecule has 0 bridgehead atoms. The van der Waals surface area contributed by atoms with Gasteiger partial charge in [0.25, 0.3) is 0 Å². The molecule has 0 aliphatic carbocycles. The third kappa shape index (κ3) is 2.91. The first-order valence-corrected chi connectivity index (χ1v) is 2.15. The Morgan fingerprint density at radius 1 is 0.714 bits per heavy atom. The highest BCUT2D eigenvalue weighted by Gasteiger charge is 1.94. The Balaban J connectivity index is 0.000000360. The van der Waals surface area contributed by atoms with Gasteiger partial charge < -0.3 is 9.47 Å². The average Bonchev–Trinajstić information content (AvgIpc) is 1.72.